The first kappa shape index (κ1) is 15.2. The first-order valence-electron chi connectivity index (χ1n) is 7.78. The van der Waals surface area contributed by atoms with Crippen molar-refractivity contribution in [2.24, 2.45) is 0 Å². The van der Waals surface area contributed by atoms with E-state index in [1.165, 1.54) is 24.0 Å². The van der Waals surface area contributed by atoms with Crippen LogP contribution in [0.3, 0.4) is 0 Å². The topological polar surface area (TPSA) is 55.3 Å². The van der Waals surface area contributed by atoms with E-state index in [0.29, 0.717) is 5.88 Å². The number of hydrogen-bond acceptors (Lipinski definition) is 5. The van der Waals surface area contributed by atoms with Crippen molar-refractivity contribution >= 4 is 27.5 Å². The van der Waals surface area contributed by atoms with Gasteiger partial charge in [-0.3, -0.25) is 4.79 Å². The van der Waals surface area contributed by atoms with Gasteiger partial charge in [-0.05, 0) is 32.3 Å². The molecule has 118 valence electrons. The van der Waals surface area contributed by atoms with Crippen molar-refractivity contribution < 1.29 is 9.53 Å². The molecular weight excluding hydrogens is 298 g/mol. The molecule has 0 saturated carbocycles. The maximum absolute atomic E-state index is 12.3. The average Bonchev–Trinajstić information content (AvgIpc) is 2.73. The molecule has 1 saturated heterocycles. The molecule has 1 aliphatic heterocycles. The van der Waals surface area contributed by atoms with Crippen molar-refractivity contribution in [3.8, 4) is 5.88 Å². The van der Waals surface area contributed by atoms with Crippen LogP contribution in [0.25, 0.3) is 10.2 Å². The average molecular weight is 319 g/mol. The van der Waals surface area contributed by atoms with E-state index >= 15 is 0 Å². The lowest BCUT2D eigenvalue weighted by atomic mass is 10.2. The Hall–Kier alpha value is -1.69. The van der Waals surface area contributed by atoms with Gasteiger partial charge >= 0.3 is 0 Å². The predicted octanol–water partition coefficient (Wildman–Crippen LogP) is 3.09. The lowest BCUT2D eigenvalue weighted by Crippen LogP contribution is -2.35. The first-order chi connectivity index (χ1) is 10.7. The van der Waals surface area contributed by atoms with Crippen LogP contribution < -0.4 is 4.74 Å². The van der Waals surface area contributed by atoms with Crippen LogP contribution >= 0.6 is 11.3 Å². The zero-order valence-electron chi connectivity index (χ0n) is 13.1. The Morgan fingerprint density at radius 3 is 2.68 bits per heavy atom. The molecule has 1 amide bonds. The molecule has 3 rings (SSSR count). The maximum Gasteiger partial charge on any atom is 0.260 e. The highest BCUT2D eigenvalue weighted by Gasteiger charge is 2.18. The van der Waals surface area contributed by atoms with E-state index in [9.17, 15) is 4.79 Å². The zero-order valence-corrected chi connectivity index (χ0v) is 13.9. The number of carbonyl (C=O) groups is 1. The van der Waals surface area contributed by atoms with Gasteiger partial charge in [0.15, 0.2) is 6.61 Å². The van der Waals surface area contributed by atoms with Crippen LogP contribution in [0, 0.1) is 13.8 Å². The number of likely N-dealkylation sites (tertiary alicyclic amines) is 1. The number of aryl methyl sites for hydroxylation is 2. The fourth-order valence-electron chi connectivity index (χ4n) is 2.80. The van der Waals surface area contributed by atoms with E-state index < -0.39 is 0 Å². The Morgan fingerprint density at radius 1 is 1.23 bits per heavy atom. The fraction of sp³-hybridized carbons (Fsp3) is 0.562. The smallest absolute Gasteiger partial charge is 0.260 e. The van der Waals surface area contributed by atoms with E-state index in [-0.39, 0.29) is 12.5 Å². The van der Waals surface area contributed by atoms with Gasteiger partial charge < -0.3 is 9.64 Å². The number of carbonyl (C=O) groups excluding carboxylic acids is 1. The minimum atomic E-state index is 0.0540. The van der Waals surface area contributed by atoms with Gasteiger partial charge in [0.2, 0.25) is 5.88 Å². The monoisotopic (exact) mass is 319 g/mol. The van der Waals surface area contributed by atoms with Crippen LogP contribution in [-0.4, -0.2) is 40.5 Å². The van der Waals surface area contributed by atoms with E-state index in [2.05, 4.69) is 16.9 Å². The Balaban J connectivity index is 1.72. The van der Waals surface area contributed by atoms with Gasteiger partial charge in [-0.2, -0.15) is 0 Å². The fourth-order valence-corrected chi connectivity index (χ4v) is 3.79. The Labute approximate surface area is 134 Å². The molecule has 1 fully saturated rings. The summed E-state index contributed by atoms with van der Waals surface area (Å²) < 4.78 is 5.73. The molecule has 0 spiro atoms. The van der Waals surface area contributed by atoms with Gasteiger partial charge in [-0.15, -0.1) is 11.3 Å². The summed E-state index contributed by atoms with van der Waals surface area (Å²) in [5, 5.41) is 0.939. The van der Waals surface area contributed by atoms with Crippen molar-refractivity contribution in [3.05, 3.63) is 16.8 Å². The molecule has 0 aromatic carbocycles. The van der Waals surface area contributed by atoms with Gasteiger partial charge in [0.1, 0.15) is 11.2 Å². The summed E-state index contributed by atoms with van der Waals surface area (Å²) >= 11 is 1.63. The van der Waals surface area contributed by atoms with Gasteiger partial charge in [0.25, 0.3) is 5.91 Å². The van der Waals surface area contributed by atoms with E-state index in [4.69, 9.17) is 4.74 Å². The molecule has 6 heteroatoms. The third kappa shape index (κ3) is 3.06. The van der Waals surface area contributed by atoms with Crippen LogP contribution in [0.4, 0.5) is 0 Å². The number of rotatable bonds is 3. The van der Waals surface area contributed by atoms with Gasteiger partial charge in [0.05, 0.1) is 5.39 Å². The third-order valence-corrected chi connectivity index (χ3v) is 5.34. The Bertz CT molecular complexity index is 675. The normalized spacial score (nSPS) is 15.8. The second-order valence-electron chi connectivity index (χ2n) is 5.73. The lowest BCUT2D eigenvalue weighted by molar-refractivity contribution is -0.133. The summed E-state index contributed by atoms with van der Waals surface area (Å²) in [7, 11) is 0. The minimum Gasteiger partial charge on any atom is -0.467 e. The zero-order chi connectivity index (χ0) is 15.5. The quantitative estimate of drug-likeness (QED) is 0.872. The molecule has 3 heterocycles. The number of fused-ring (bicyclic) bond motifs is 1. The third-order valence-electron chi connectivity index (χ3n) is 4.22. The number of amides is 1. The summed E-state index contributed by atoms with van der Waals surface area (Å²) in [6.45, 7) is 5.85. The maximum atomic E-state index is 12.3. The highest BCUT2D eigenvalue weighted by molar-refractivity contribution is 7.18. The largest absolute Gasteiger partial charge is 0.467 e. The molecule has 0 aliphatic carbocycles. The van der Waals surface area contributed by atoms with E-state index in [1.807, 2.05) is 11.8 Å². The summed E-state index contributed by atoms with van der Waals surface area (Å²) in [5.74, 6) is 0.577. The Morgan fingerprint density at radius 2 is 1.95 bits per heavy atom. The van der Waals surface area contributed by atoms with Crippen molar-refractivity contribution in [1.82, 2.24) is 14.9 Å². The van der Waals surface area contributed by atoms with Crippen LogP contribution in [-0.2, 0) is 4.79 Å². The van der Waals surface area contributed by atoms with Crippen molar-refractivity contribution in [3.63, 3.8) is 0 Å². The van der Waals surface area contributed by atoms with Crippen molar-refractivity contribution in [2.45, 2.75) is 39.5 Å². The lowest BCUT2D eigenvalue weighted by Gasteiger charge is -2.20. The number of aromatic nitrogens is 2. The highest BCUT2D eigenvalue weighted by atomic mass is 32.1. The van der Waals surface area contributed by atoms with Crippen LogP contribution in [0.5, 0.6) is 5.88 Å². The number of nitrogens with zero attached hydrogens (tertiary/aromatic N) is 3. The Kier molecular flexibility index (Phi) is 4.57. The summed E-state index contributed by atoms with van der Waals surface area (Å²) in [5.41, 5.74) is 1.14. The molecular formula is C16H21N3O2S. The van der Waals surface area contributed by atoms with Gasteiger partial charge in [0, 0.05) is 18.0 Å². The molecule has 0 atom stereocenters. The standard InChI is InChI=1S/C16H21N3O2S/c1-11-12(2)22-16-14(11)15(17-10-18-16)21-9-13(20)19-7-5-3-4-6-8-19/h10H,3-9H2,1-2H3. The second-order valence-corrected chi connectivity index (χ2v) is 6.93. The summed E-state index contributed by atoms with van der Waals surface area (Å²) in [6.07, 6.45) is 6.11. The van der Waals surface area contributed by atoms with Gasteiger partial charge in [-0.1, -0.05) is 12.8 Å². The SMILES string of the molecule is Cc1sc2ncnc(OCC(=O)N3CCCCCC3)c2c1C. The molecule has 22 heavy (non-hydrogen) atoms. The second kappa shape index (κ2) is 6.60. The molecule has 1 aliphatic rings. The summed E-state index contributed by atoms with van der Waals surface area (Å²) in [6, 6.07) is 0. The molecule has 0 unspecified atom stereocenters. The molecule has 0 N–H and O–H groups in total. The van der Waals surface area contributed by atoms with Crippen LogP contribution in [0.2, 0.25) is 0 Å². The van der Waals surface area contributed by atoms with Crippen molar-refractivity contribution in [2.75, 3.05) is 19.7 Å². The molecule has 2 aromatic rings. The molecule has 2 aromatic heterocycles. The summed E-state index contributed by atoms with van der Waals surface area (Å²) in [4.78, 5) is 24.9. The molecule has 5 nitrogen and oxygen atoms in total. The molecule has 0 radical (unpaired) electrons. The number of ether oxygens (including phenoxy) is 1. The predicted molar refractivity (Wildman–Crippen MR) is 87.4 cm³/mol. The van der Waals surface area contributed by atoms with Gasteiger partial charge in [-0.25, -0.2) is 9.97 Å². The molecule has 0 bridgehead atoms. The number of hydrogen-bond donors (Lipinski definition) is 0. The first-order valence-corrected chi connectivity index (χ1v) is 8.59. The van der Waals surface area contributed by atoms with Crippen LogP contribution in [0.1, 0.15) is 36.1 Å². The van der Waals surface area contributed by atoms with E-state index in [1.54, 1.807) is 11.3 Å². The van der Waals surface area contributed by atoms with Crippen LogP contribution in [0.15, 0.2) is 6.33 Å². The highest BCUT2D eigenvalue weighted by Crippen LogP contribution is 2.33. The van der Waals surface area contributed by atoms with Crippen molar-refractivity contribution in [1.29, 1.82) is 0 Å². The number of thiophene rings is 1. The van der Waals surface area contributed by atoms with E-state index in [0.717, 1.165) is 41.7 Å². The minimum absolute atomic E-state index is 0.0540.